The Hall–Kier alpha value is -3.98. The molecule has 0 radical (unpaired) electrons. The number of carboxylic acids is 1. The Balaban J connectivity index is 1.46. The van der Waals surface area contributed by atoms with E-state index in [9.17, 15) is 14.4 Å². The quantitative estimate of drug-likeness (QED) is 0.335. The van der Waals surface area contributed by atoms with E-state index in [4.69, 9.17) is 15.8 Å². The van der Waals surface area contributed by atoms with Crippen molar-refractivity contribution in [2.24, 2.45) is 10.7 Å². The van der Waals surface area contributed by atoms with Crippen LogP contribution < -0.4 is 27.2 Å². The highest BCUT2D eigenvalue weighted by atomic mass is 16.4. The predicted molar refractivity (Wildman–Crippen MR) is 125 cm³/mol. The Morgan fingerprint density at radius 3 is 2.64 bits per heavy atom. The zero-order chi connectivity index (χ0) is 23.7. The molecule has 2 aromatic carbocycles. The summed E-state index contributed by atoms with van der Waals surface area (Å²) < 4.78 is 2.06. The molecule has 33 heavy (non-hydrogen) atoms. The lowest BCUT2D eigenvalue weighted by Gasteiger charge is -2.18. The zero-order valence-electron chi connectivity index (χ0n) is 18.2. The summed E-state index contributed by atoms with van der Waals surface area (Å²) in [5.41, 5.74) is 8.92. The number of carboxylic acid groups (broad SMARTS) is 1. The highest BCUT2D eigenvalue weighted by Gasteiger charge is 2.21. The number of fused-ring (bicyclic) bond motifs is 4. The van der Waals surface area contributed by atoms with Gasteiger partial charge in [-0.15, -0.1) is 0 Å². The zero-order valence-corrected chi connectivity index (χ0v) is 18.2. The minimum atomic E-state index is -1.03. The van der Waals surface area contributed by atoms with Gasteiger partial charge in [-0.25, -0.2) is 4.99 Å². The van der Waals surface area contributed by atoms with Crippen LogP contribution in [0.15, 0.2) is 47.5 Å². The molecule has 1 aliphatic heterocycles. The Morgan fingerprint density at radius 2 is 1.91 bits per heavy atom. The summed E-state index contributed by atoms with van der Waals surface area (Å²) in [4.78, 5) is 40.1. The lowest BCUT2D eigenvalue weighted by Crippen LogP contribution is -2.48. The number of anilines is 1. The lowest BCUT2D eigenvalue weighted by atomic mass is 10.1. The van der Waals surface area contributed by atoms with Crippen LogP contribution in [0.5, 0.6) is 0 Å². The predicted octanol–water partition coefficient (Wildman–Crippen LogP) is 1.000. The first-order chi connectivity index (χ1) is 15.7. The molecule has 3 aromatic rings. The van der Waals surface area contributed by atoms with Gasteiger partial charge in [0.05, 0.1) is 18.3 Å². The smallest absolute Gasteiger partial charge is 0.303 e. The molecule has 1 aliphatic rings. The van der Waals surface area contributed by atoms with Gasteiger partial charge < -0.3 is 26.0 Å². The van der Waals surface area contributed by atoms with Crippen molar-refractivity contribution in [2.45, 2.75) is 38.4 Å². The van der Waals surface area contributed by atoms with Crippen LogP contribution in [-0.2, 0) is 20.9 Å². The van der Waals surface area contributed by atoms with Gasteiger partial charge in [0.1, 0.15) is 11.5 Å². The summed E-state index contributed by atoms with van der Waals surface area (Å²) in [6, 6.07) is 11.6. The van der Waals surface area contributed by atoms with Crippen molar-refractivity contribution in [3.05, 3.63) is 58.9 Å². The van der Waals surface area contributed by atoms with E-state index in [1.807, 2.05) is 36.4 Å². The van der Waals surface area contributed by atoms with E-state index >= 15 is 0 Å². The maximum Gasteiger partial charge on any atom is 0.303 e. The molecule has 2 amide bonds. The number of nitrogens with two attached hydrogens (primary N) is 1. The van der Waals surface area contributed by atoms with Crippen molar-refractivity contribution in [1.29, 1.82) is 0 Å². The number of hydrogen-bond acceptors (Lipinski definition) is 5. The molecule has 4 rings (SSSR count). The number of benzene rings is 2. The molecule has 170 valence electrons. The molecule has 5 N–H and O–H groups in total. The summed E-state index contributed by atoms with van der Waals surface area (Å²) in [5.74, 6) is -2.01. The molecule has 0 bridgehead atoms. The van der Waals surface area contributed by atoms with Crippen molar-refractivity contribution in [1.82, 2.24) is 9.88 Å². The molecule has 0 fully saturated rings. The maximum atomic E-state index is 12.6. The molecule has 1 aromatic heterocycles. The third kappa shape index (κ3) is 4.49. The first kappa shape index (κ1) is 22.2. The van der Waals surface area contributed by atoms with Crippen LogP contribution >= 0.6 is 0 Å². The molecular formula is C24H25N5O4. The van der Waals surface area contributed by atoms with E-state index in [1.165, 1.54) is 6.92 Å². The van der Waals surface area contributed by atoms with Crippen LogP contribution in [0, 0.1) is 0 Å². The number of carbonyl (C=O) groups is 3. The van der Waals surface area contributed by atoms with Gasteiger partial charge in [-0.1, -0.05) is 30.8 Å². The highest BCUT2D eigenvalue weighted by Crippen LogP contribution is 2.26. The van der Waals surface area contributed by atoms with Crippen LogP contribution in [0.25, 0.3) is 17.4 Å². The van der Waals surface area contributed by atoms with Gasteiger partial charge in [-0.2, -0.15) is 0 Å². The number of rotatable bonds is 7. The molecule has 0 saturated heterocycles. The van der Waals surface area contributed by atoms with E-state index in [2.05, 4.69) is 21.8 Å². The fraction of sp³-hybridized carbons (Fsp3) is 0.250. The molecule has 0 saturated carbocycles. The molecule has 0 spiro atoms. The molecule has 0 unspecified atom stereocenters. The van der Waals surface area contributed by atoms with E-state index in [-0.39, 0.29) is 12.8 Å². The first-order valence-corrected chi connectivity index (χ1v) is 10.6. The molecule has 9 heteroatoms. The fourth-order valence-electron chi connectivity index (χ4n) is 3.87. The van der Waals surface area contributed by atoms with Crippen molar-refractivity contribution in [3.8, 4) is 0 Å². The van der Waals surface area contributed by atoms with Gasteiger partial charge in [0.2, 0.25) is 11.8 Å². The average Bonchev–Trinajstić information content (AvgIpc) is 3.07. The standard InChI is InChI=1S/C24H25N5O4/c1-13(26-24(33)19(25)8-10-21(30)31)23(32)27-16-7-9-20-15(11-16)12-29-14(2)17-5-3-4-6-18(17)22(29)28-20/h3-7,9,11,13,19H,2,8,10,12,25H2,1H3,(H,26,33)(H,27,32)(H,30,31)/t13-,19+/m1/s1. The summed E-state index contributed by atoms with van der Waals surface area (Å²) in [5, 5.41) is 17.0. The number of aromatic nitrogens is 1. The van der Waals surface area contributed by atoms with Crippen LogP contribution in [0.4, 0.5) is 11.4 Å². The topological polar surface area (TPSA) is 139 Å². The van der Waals surface area contributed by atoms with Gasteiger partial charge in [-0.05, 0) is 37.1 Å². The van der Waals surface area contributed by atoms with E-state index in [1.54, 1.807) is 6.07 Å². The van der Waals surface area contributed by atoms with Gasteiger partial charge >= 0.3 is 5.97 Å². The van der Waals surface area contributed by atoms with Crippen molar-refractivity contribution < 1.29 is 19.5 Å². The van der Waals surface area contributed by atoms with Crippen LogP contribution in [0.1, 0.15) is 25.3 Å². The normalized spacial score (nSPS) is 13.9. The SMILES string of the molecule is C=c1c2ccccc2c2n1Cc1cc(NC(=O)[C@@H](C)NC(=O)[C@@H](N)CCC(=O)O)ccc1N=2. The Morgan fingerprint density at radius 1 is 1.18 bits per heavy atom. The third-order valence-electron chi connectivity index (χ3n) is 5.72. The molecular weight excluding hydrogens is 422 g/mol. The number of aliphatic carboxylic acids is 1. The van der Waals surface area contributed by atoms with Crippen molar-refractivity contribution in [2.75, 3.05) is 5.32 Å². The van der Waals surface area contributed by atoms with Crippen LogP contribution in [-0.4, -0.2) is 39.5 Å². The second-order valence-corrected chi connectivity index (χ2v) is 8.12. The molecule has 2 atom stereocenters. The molecule has 0 aliphatic carbocycles. The monoisotopic (exact) mass is 447 g/mol. The summed E-state index contributed by atoms with van der Waals surface area (Å²) in [6.07, 6.45) is -0.225. The average molecular weight is 447 g/mol. The summed E-state index contributed by atoms with van der Waals surface area (Å²) >= 11 is 0. The third-order valence-corrected chi connectivity index (χ3v) is 5.72. The number of nitrogens with one attached hydrogen (secondary N) is 2. The van der Waals surface area contributed by atoms with E-state index in [0.717, 1.165) is 32.9 Å². The van der Waals surface area contributed by atoms with E-state index < -0.39 is 29.9 Å². The molecule has 9 nitrogen and oxygen atoms in total. The second-order valence-electron chi connectivity index (χ2n) is 8.12. The number of amides is 2. The second kappa shape index (κ2) is 8.87. The largest absolute Gasteiger partial charge is 0.481 e. The minimum absolute atomic E-state index is 0.00546. The minimum Gasteiger partial charge on any atom is -0.481 e. The van der Waals surface area contributed by atoms with Crippen LogP contribution in [0.3, 0.4) is 0 Å². The van der Waals surface area contributed by atoms with Crippen LogP contribution in [0.2, 0.25) is 0 Å². The highest BCUT2D eigenvalue weighted by molar-refractivity contribution is 5.97. The van der Waals surface area contributed by atoms with Gasteiger partial charge in [0.15, 0.2) is 0 Å². The Bertz CT molecular complexity index is 1380. The summed E-state index contributed by atoms with van der Waals surface area (Å²) in [7, 11) is 0. The van der Waals surface area contributed by atoms with Gasteiger partial charge in [0, 0.05) is 28.2 Å². The Kier molecular flexibility index (Phi) is 5.97. The maximum absolute atomic E-state index is 12.6. The lowest BCUT2D eigenvalue weighted by molar-refractivity contribution is -0.137. The number of hydrogen-bond donors (Lipinski definition) is 4. The van der Waals surface area contributed by atoms with Gasteiger partial charge in [0.25, 0.3) is 0 Å². The summed E-state index contributed by atoms with van der Waals surface area (Å²) in [6.45, 7) is 6.32. The Labute approximate surface area is 189 Å². The number of nitrogens with zero attached hydrogens (tertiary/aromatic N) is 2. The number of carbonyl (C=O) groups excluding carboxylic acids is 2. The van der Waals surface area contributed by atoms with E-state index in [0.29, 0.717) is 12.2 Å². The fourth-order valence-corrected chi connectivity index (χ4v) is 3.87. The van der Waals surface area contributed by atoms with Crippen molar-refractivity contribution >= 4 is 46.5 Å². The molecule has 2 heterocycles. The van der Waals surface area contributed by atoms with Gasteiger partial charge in [-0.3, -0.25) is 14.4 Å². The first-order valence-electron chi connectivity index (χ1n) is 10.6. The van der Waals surface area contributed by atoms with Crippen molar-refractivity contribution in [3.63, 3.8) is 0 Å².